The number of pyridine rings is 1. The van der Waals surface area contributed by atoms with Crippen molar-refractivity contribution in [3.63, 3.8) is 0 Å². The lowest BCUT2D eigenvalue weighted by molar-refractivity contribution is -0.142. The maximum atomic E-state index is 11.1. The normalized spacial score (nSPS) is 11.2. The summed E-state index contributed by atoms with van der Waals surface area (Å²) >= 11 is 5.93. The number of aromatic nitrogens is 1. The van der Waals surface area contributed by atoms with Crippen LogP contribution in [0.5, 0.6) is 5.75 Å². The van der Waals surface area contributed by atoms with Crippen molar-refractivity contribution in [1.82, 2.24) is 4.98 Å². The van der Waals surface area contributed by atoms with Crippen molar-refractivity contribution in [3.8, 4) is 5.75 Å². The third-order valence-corrected chi connectivity index (χ3v) is 2.53. The number of rotatable bonds is 3. The third kappa shape index (κ3) is 2.04. The number of carboxylic acid groups (broad SMARTS) is 1. The SMILES string of the molecule is COc1cncc(Cl)c1C(C)(C)C(=O)O. The number of carbonyl (C=O) groups is 1. The van der Waals surface area contributed by atoms with E-state index in [0.717, 1.165) is 0 Å². The van der Waals surface area contributed by atoms with Crippen LogP contribution in [0.1, 0.15) is 19.4 Å². The summed E-state index contributed by atoms with van der Waals surface area (Å²) in [5.74, 6) is -0.580. The number of ether oxygens (including phenoxy) is 1. The second kappa shape index (κ2) is 4.06. The smallest absolute Gasteiger partial charge is 0.313 e. The van der Waals surface area contributed by atoms with E-state index in [2.05, 4.69) is 4.98 Å². The Balaban J connectivity index is 3.41. The predicted octanol–water partition coefficient (Wildman–Crippen LogP) is 2.11. The molecular weight excluding hydrogens is 218 g/mol. The van der Waals surface area contributed by atoms with E-state index in [4.69, 9.17) is 21.4 Å². The molecule has 0 aromatic carbocycles. The average molecular weight is 230 g/mol. The van der Waals surface area contributed by atoms with E-state index in [0.29, 0.717) is 16.3 Å². The highest BCUT2D eigenvalue weighted by Gasteiger charge is 2.34. The summed E-state index contributed by atoms with van der Waals surface area (Å²) in [4.78, 5) is 14.9. The van der Waals surface area contributed by atoms with Crippen LogP contribution >= 0.6 is 11.6 Å². The molecule has 4 nitrogen and oxygen atoms in total. The summed E-state index contributed by atoms with van der Waals surface area (Å²) in [5, 5.41) is 9.40. The molecule has 1 rings (SSSR count). The standard InChI is InChI=1S/C10H12ClNO3/c1-10(2,9(13)14)8-6(11)4-12-5-7(8)15-3/h4-5H,1-3H3,(H,13,14). The molecule has 0 bridgehead atoms. The minimum absolute atomic E-state index is 0.293. The Hall–Kier alpha value is -1.29. The molecule has 1 heterocycles. The molecule has 0 unspecified atom stereocenters. The van der Waals surface area contributed by atoms with Crippen molar-refractivity contribution in [3.05, 3.63) is 23.0 Å². The zero-order valence-electron chi connectivity index (χ0n) is 8.74. The molecule has 0 atom stereocenters. The lowest BCUT2D eigenvalue weighted by Gasteiger charge is -2.22. The second-order valence-corrected chi connectivity index (χ2v) is 4.04. The highest BCUT2D eigenvalue weighted by molar-refractivity contribution is 6.31. The highest BCUT2D eigenvalue weighted by Crippen LogP contribution is 2.36. The molecule has 0 fully saturated rings. The molecular formula is C10H12ClNO3. The van der Waals surface area contributed by atoms with Crippen LogP contribution in [0.25, 0.3) is 0 Å². The molecule has 82 valence electrons. The summed E-state index contributed by atoms with van der Waals surface area (Å²) < 4.78 is 5.05. The van der Waals surface area contributed by atoms with Crippen molar-refractivity contribution in [1.29, 1.82) is 0 Å². The Morgan fingerprint density at radius 1 is 1.53 bits per heavy atom. The van der Waals surface area contributed by atoms with Gasteiger partial charge in [-0.1, -0.05) is 11.6 Å². The Kier molecular flexibility index (Phi) is 3.19. The number of hydrogen-bond acceptors (Lipinski definition) is 3. The van der Waals surface area contributed by atoms with Gasteiger partial charge in [0.05, 0.1) is 23.7 Å². The van der Waals surface area contributed by atoms with Gasteiger partial charge in [-0.3, -0.25) is 9.78 Å². The van der Waals surface area contributed by atoms with Gasteiger partial charge in [-0.2, -0.15) is 0 Å². The van der Waals surface area contributed by atoms with Crippen molar-refractivity contribution in [2.75, 3.05) is 7.11 Å². The van der Waals surface area contributed by atoms with E-state index in [1.165, 1.54) is 19.5 Å². The first-order valence-electron chi connectivity index (χ1n) is 4.32. The fourth-order valence-corrected chi connectivity index (χ4v) is 1.67. The topological polar surface area (TPSA) is 59.4 Å². The molecule has 0 amide bonds. The van der Waals surface area contributed by atoms with Gasteiger partial charge in [-0.25, -0.2) is 0 Å². The lowest BCUT2D eigenvalue weighted by atomic mass is 9.85. The summed E-state index contributed by atoms with van der Waals surface area (Å²) in [7, 11) is 1.45. The van der Waals surface area contributed by atoms with Crippen LogP contribution in [0.4, 0.5) is 0 Å². The van der Waals surface area contributed by atoms with Gasteiger partial charge < -0.3 is 9.84 Å². The number of carboxylic acids is 1. The molecule has 1 aromatic heterocycles. The van der Waals surface area contributed by atoms with E-state index in [-0.39, 0.29) is 0 Å². The molecule has 15 heavy (non-hydrogen) atoms. The highest BCUT2D eigenvalue weighted by atomic mass is 35.5. The minimum Gasteiger partial charge on any atom is -0.495 e. The van der Waals surface area contributed by atoms with E-state index >= 15 is 0 Å². The van der Waals surface area contributed by atoms with Crippen LogP contribution in [0.3, 0.4) is 0 Å². The van der Waals surface area contributed by atoms with Gasteiger partial charge in [0.1, 0.15) is 5.75 Å². The van der Waals surface area contributed by atoms with Crippen LogP contribution < -0.4 is 4.74 Å². The Morgan fingerprint density at radius 3 is 2.60 bits per heavy atom. The second-order valence-electron chi connectivity index (χ2n) is 3.63. The van der Waals surface area contributed by atoms with Gasteiger partial charge in [-0.15, -0.1) is 0 Å². The molecule has 5 heteroatoms. The van der Waals surface area contributed by atoms with Crippen LogP contribution in [-0.4, -0.2) is 23.2 Å². The summed E-state index contributed by atoms with van der Waals surface area (Å²) in [5.41, 5.74) is -0.667. The van der Waals surface area contributed by atoms with E-state index in [9.17, 15) is 4.79 Å². The first-order chi connectivity index (χ1) is 6.91. The van der Waals surface area contributed by atoms with Crippen LogP contribution in [0, 0.1) is 0 Å². The van der Waals surface area contributed by atoms with Gasteiger partial charge in [0.2, 0.25) is 0 Å². The van der Waals surface area contributed by atoms with E-state index in [1.807, 2.05) is 0 Å². The number of nitrogens with zero attached hydrogens (tertiary/aromatic N) is 1. The number of methoxy groups -OCH3 is 1. The molecule has 0 radical (unpaired) electrons. The van der Waals surface area contributed by atoms with Gasteiger partial charge in [0.15, 0.2) is 0 Å². The van der Waals surface area contributed by atoms with Crippen LogP contribution in [0.15, 0.2) is 12.4 Å². The summed E-state index contributed by atoms with van der Waals surface area (Å²) in [6.07, 6.45) is 2.86. The molecule has 0 spiro atoms. The molecule has 0 aliphatic carbocycles. The van der Waals surface area contributed by atoms with Gasteiger partial charge in [0.25, 0.3) is 0 Å². The lowest BCUT2D eigenvalue weighted by Crippen LogP contribution is -2.29. The molecule has 0 saturated heterocycles. The molecule has 1 N–H and O–H groups in total. The number of halogens is 1. The summed E-state index contributed by atoms with van der Waals surface area (Å²) in [6.45, 7) is 3.14. The zero-order valence-corrected chi connectivity index (χ0v) is 9.50. The molecule has 0 aliphatic rings. The molecule has 1 aromatic rings. The third-order valence-electron chi connectivity index (χ3n) is 2.24. The van der Waals surface area contributed by atoms with E-state index < -0.39 is 11.4 Å². The monoisotopic (exact) mass is 229 g/mol. The zero-order chi connectivity index (χ0) is 11.6. The first kappa shape index (κ1) is 11.8. The van der Waals surface area contributed by atoms with Crippen LogP contribution in [-0.2, 0) is 10.2 Å². The predicted molar refractivity (Wildman–Crippen MR) is 56.5 cm³/mol. The Morgan fingerprint density at radius 2 is 2.13 bits per heavy atom. The Bertz CT molecular complexity index is 390. The average Bonchev–Trinajstić information content (AvgIpc) is 2.16. The summed E-state index contributed by atoms with van der Waals surface area (Å²) in [6, 6.07) is 0. The molecule has 0 saturated carbocycles. The maximum Gasteiger partial charge on any atom is 0.313 e. The van der Waals surface area contributed by atoms with Crippen molar-refractivity contribution >= 4 is 17.6 Å². The maximum absolute atomic E-state index is 11.1. The largest absolute Gasteiger partial charge is 0.495 e. The number of hydrogen-bond donors (Lipinski definition) is 1. The fourth-order valence-electron chi connectivity index (χ4n) is 1.29. The first-order valence-corrected chi connectivity index (χ1v) is 4.70. The quantitative estimate of drug-likeness (QED) is 0.863. The fraction of sp³-hybridized carbons (Fsp3) is 0.400. The number of aliphatic carboxylic acids is 1. The van der Waals surface area contributed by atoms with E-state index in [1.54, 1.807) is 13.8 Å². The van der Waals surface area contributed by atoms with Gasteiger partial charge in [-0.05, 0) is 13.8 Å². The van der Waals surface area contributed by atoms with Crippen LogP contribution in [0.2, 0.25) is 5.02 Å². The Labute approximate surface area is 92.8 Å². The van der Waals surface area contributed by atoms with Crippen molar-refractivity contribution in [2.45, 2.75) is 19.3 Å². The molecule has 0 aliphatic heterocycles. The minimum atomic E-state index is -1.11. The van der Waals surface area contributed by atoms with Gasteiger partial charge >= 0.3 is 5.97 Å². The van der Waals surface area contributed by atoms with Crippen molar-refractivity contribution in [2.24, 2.45) is 0 Å². The van der Waals surface area contributed by atoms with Crippen molar-refractivity contribution < 1.29 is 14.6 Å². The van der Waals surface area contributed by atoms with Gasteiger partial charge in [0, 0.05) is 11.8 Å².